The molecule has 3 aliphatic rings. The van der Waals surface area contributed by atoms with Crippen LogP contribution in [0.1, 0.15) is 90.1 Å². The van der Waals surface area contributed by atoms with Crippen molar-refractivity contribution in [2.75, 3.05) is 6.54 Å². The molecule has 1 atom stereocenters. The van der Waals surface area contributed by atoms with Crippen molar-refractivity contribution in [3.05, 3.63) is 84.2 Å². The third-order valence-corrected chi connectivity index (χ3v) is 9.54. The van der Waals surface area contributed by atoms with Crippen LogP contribution in [0.15, 0.2) is 40.5 Å². The Labute approximate surface area is 219 Å². The number of halogens is 1. The highest BCUT2D eigenvalue weighted by atomic mass is 35.5. The van der Waals surface area contributed by atoms with Crippen molar-refractivity contribution in [2.24, 2.45) is 0 Å². The Bertz CT molecular complexity index is 1360. The number of aromatic amines is 1. The number of fused-ring (bicyclic) bond motifs is 1. The van der Waals surface area contributed by atoms with E-state index in [1.165, 1.54) is 47.4 Å². The Morgan fingerprint density at radius 2 is 2.03 bits per heavy atom. The van der Waals surface area contributed by atoms with Gasteiger partial charge in [0.05, 0.1) is 23.2 Å². The maximum absolute atomic E-state index is 13.2. The smallest absolute Gasteiger partial charge is 0.256 e. The van der Waals surface area contributed by atoms with Gasteiger partial charge in [0.15, 0.2) is 6.10 Å². The highest BCUT2D eigenvalue weighted by molar-refractivity contribution is 7.10. The summed E-state index contributed by atoms with van der Waals surface area (Å²) in [5, 5.41) is 13.4. The average Bonchev–Trinajstić information content (AvgIpc) is 3.57. The molecule has 1 amide bonds. The van der Waals surface area contributed by atoms with Gasteiger partial charge in [0, 0.05) is 22.9 Å². The van der Waals surface area contributed by atoms with Crippen molar-refractivity contribution in [1.82, 2.24) is 14.9 Å². The molecule has 0 radical (unpaired) electrons. The predicted molar refractivity (Wildman–Crippen MR) is 141 cm³/mol. The first-order valence-corrected chi connectivity index (χ1v) is 14.1. The summed E-state index contributed by atoms with van der Waals surface area (Å²) in [5.41, 5.74) is 2.82. The van der Waals surface area contributed by atoms with Crippen LogP contribution < -0.4 is 5.56 Å². The summed E-state index contributed by atoms with van der Waals surface area (Å²) in [7, 11) is 0. The third kappa shape index (κ3) is 4.31. The van der Waals surface area contributed by atoms with Gasteiger partial charge < -0.3 is 15.0 Å². The van der Waals surface area contributed by atoms with Gasteiger partial charge in [-0.1, -0.05) is 43.0 Å². The van der Waals surface area contributed by atoms with E-state index in [1.54, 1.807) is 35.6 Å². The highest BCUT2D eigenvalue weighted by Gasteiger charge is 2.50. The highest BCUT2D eigenvalue weighted by Crippen LogP contribution is 2.54. The van der Waals surface area contributed by atoms with Gasteiger partial charge in [-0.25, -0.2) is 4.98 Å². The Balaban J connectivity index is 1.22. The van der Waals surface area contributed by atoms with E-state index in [1.807, 2.05) is 0 Å². The van der Waals surface area contributed by atoms with E-state index >= 15 is 0 Å². The summed E-state index contributed by atoms with van der Waals surface area (Å²) < 4.78 is 0. The number of H-pyrrole nitrogens is 1. The molecule has 0 bridgehead atoms. The number of nitrogens with zero attached hydrogens (tertiary/aromatic N) is 2. The van der Waals surface area contributed by atoms with E-state index in [0.717, 1.165) is 24.4 Å². The maximum Gasteiger partial charge on any atom is 0.256 e. The second-order valence-corrected chi connectivity index (χ2v) is 11.8. The number of carbonyl (C=O) groups is 1. The summed E-state index contributed by atoms with van der Waals surface area (Å²) in [6, 6.07) is 9.02. The molecular formula is C28H30ClN3O3S. The van der Waals surface area contributed by atoms with E-state index < -0.39 is 12.0 Å². The lowest BCUT2D eigenvalue weighted by atomic mass is 9.85. The zero-order chi connectivity index (χ0) is 24.9. The molecule has 1 aromatic carbocycles. The fraction of sp³-hybridized carbons (Fsp3) is 0.464. The first-order chi connectivity index (χ1) is 17.4. The second kappa shape index (κ2) is 9.43. The van der Waals surface area contributed by atoms with Crippen LogP contribution in [0.2, 0.25) is 5.02 Å². The summed E-state index contributed by atoms with van der Waals surface area (Å²) >= 11 is 7.82. The van der Waals surface area contributed by atoms with Crippen molar-refractivity contribution in [3.8, 4) is 0 Å². The van der Waals surface area contributed by atoms with Crippen molar-refractivity contribution >= 4 is 28.8 Å². The summed E-state index contributed by atoms with van der Waals surface area (Å²) in [6.07, 6.45) is 7.70. The van der Waals surface area contributed by atoms with E-state index in [0.29, 0.717) is 35.0 Å². The molecule has 8 heteroatoms. The van der Waals surface area contributed by atoms with Gasteiger partial charge in [0.2, 0.25) is 0 Å². The molecule has 6 rings (SSSR count). The van der Waals surface area contributed by atoms with Crippen molar-refractivity contribution in [2.45, 2.75) is 75.3 Å². The number of benzene rings is 1. The van der Waals surface area contributed by atoms with E-state index in [2.05, 4.69) is 16.4 Å². The van der Waals surface area contributed by atoms with E-state index in [4.69, 9.17) is 16.6 Å². The SMILES string of the molecule is O=C([C@H](O)c1cccc(Cl)c1)N1CCc2nc(C3(c4cc(C5CCCCC5)cs4)CC3)[nH]c(=O)c2C1. The van der Waals surface area contributed by atoms with Gasteiger partial charge in [-0.3, -0.25) is 9.59 Å². The molecule has 3 aromatic rings. The number of aliphatic hydroxyl groups excluding tert-OH is 1. The quantitative estimate of drug-likeness (QED) is 0.479. The number of amides is 1. The summed E-state index contributed by atoms with van der Waals surface area (Å²) in [6.45, 7) is 0.559. The van der Waals surface area contributed by atoms with Gasteiger partial charge in [0.1, 0.15) is 5.82 Å². The number of aliphatic hydroxyl groups is 1. The Hall–Kier alpha value is -2.48. The van der Waals surface area contributed by atoms with Crippen LogP contribution in [0.3, 0.4) is 0 Å². The van der Waals surface area contributed by atoms with E-state index in [9.17, 15) is 14.7 Å². The minimum absolute atomic E-state index is 0.145. The first-order valence-electron chi connectivity index (χ1n) is 12.9. The van der Waals surface area contributed by atoms with Crippen LogP contribution in [0.4, 0.5) is 0 Å². The minimum Gasteiger partial charge on any atom is -0.378 e. The molecule has 2 N–H and O–H groups in total. The van der Waals surface area contributed by atoms with Crippen molar-refractivity contribution in [1.29, 1.82) is 0 Å². The summed E-state index contributed by atoms with van der Waals surface area (Å²) in [4.78, 5) is 37.0. The molecule has 2 aliphatic carbocycles. The van der Waals surface area contributed by atoms with Crippen LogP contribution in [-0.4, -0.2) is 32.4 Å². The number of hydrogen-bond donors (Lipinski definition) is 2. The Kier molecular flexibility index (Phi) is 6.26. The molecule has 188 valence electrons. The monoisotopic (exact) mass is 523 g/mol. The zero-order valence-corrected chi connectivity index (χ0v) is 21.7. The number of nitrogens with one attached hydrogen (secondary N) is 1. The van der Waals surface area contributed by atoms with Gasteiger partial charge in [-0.05, 0) is 66.3 Å². The van der Waals surface area contributed by atoms with Crippen LogP contribution in [0.5, 0.6) is 0 Å². The summed E-state index contributed by atoms with van der Waals surface area (Å²) in [5.74, 6) is 1.00. The lowest BCUT2D eigenvalue weighted by molar-refractivity contribution is -0.141. The Morgan fingerprint density at radius 3 is 2.78 bits per heavy atom. The van der Waals surface area contributed by atoms with Crippen LogP contribution >= 0.6 is 22.9 Å². The van der Waals surface area contributed by atoms with Gasteiger partial charge in [0.25, 0.3) is 11.5 Å². The van der Waals surface area contributed by atoms with Gasteiger partial charge in [-0.15, -0.1) is 11.3 Å². The van der Waals surface area contributed by atoms with Crippen LogP contribution in [-0.2, 0) is 23.2 Å². The molecule has 2 saturated carbocycles. The molecule has 3 heterocycles. The fourth-order valence-corrected chi connectivity index (χ4v) is 7.26. The standard InChI is InChI=1S/C28H30ClN3O3S/c29-20-8-4-7-18(13-20)24(33)26(35)32-12-9-22-21(15-32)25(34)31-27(30-22)28(10-11-28)23-14-19(16-36-23)17-5-2-1-3-6-17/h4,7-8,13-14,16-17,24,33H,1-3,5-6,9-12,15H2,(H,30,31,34)/t24-/m1/s1. The lowest BCUT2D eigenvalue weighted by Gasteiger charge is -2.30. The Morgan fingerprint density at radius 1 is 1.22 bits per heavy atom. The molecular weight excluding hydrogens is 494 g/mol. The fourth-order valence-electron chi connectivity index (χ4n) is 5.81. The number of carbonyl (C=O) groups excluding carboxylic acids is 1. The predicted octanol–water partition coefficient (Wildman–Crippen LogP) is 5.23. The molecule has 0 unspecified atom stereocenters. The zero-order valence-electron chi connectivity index (χ0n) is 20.1. The van der Waals surface area contributed by atoms with Gasteiger partial charge in [-0.2, -0.15) is 0 Å². The molecule has 2 fully saturated rings. The molecule has 0 saturated heterocycles. The largest absolute Gasteiger partial charge is 0.378 e. The van der Waals surface area contributed by atoms with Crippen molar-refractivity contribution in [3.63, 3.8) is 0 Å². The normalized spacial score (nSPS) is 20.1. The number of hydrogen-bond acceptors (Lipinski definition) is 5. The van der Waals surface area contributed by atoms with Crippen LogP contribution in [0, 0.1) is 0 Å². The minimum atomic E-state index is -1.32. The third-order valence-electron chi connectivity index (χ3n) is 8.15. The number of thiophene rings is 1. The molecule has 2 aromatic heterocycles. The lowest BCUT2D eigenvalue weighted by Crippen LogP contribution is -2.42. The van der Waals surface area contributed by atoms with Crippen LogP contribution in [0.25, 0.3) is 0 Å². The molecule has 1 aliphatic heterocycles. The van der Waals surface area contributed by atoms with E-state index in [-0.39, 0.29) is 17.5 Å². The molecule has 6 nitrogen and oxygen atoms in total. The average molecular weight is 524 g/mol. The number of aromatic nitrogens is 2. The van der Waals surface area contributed by atoms with Gasteiger partial charge >= 0.3 is 0 Å². The number of rotatable bonds is 5. The first kappa shape index (κ1) is 23.9. The van der Waals surface area contributed by atoms with Crippen molar-refractivity contribution < 1.29 is 9.90 Å². The topological polar surface area (TPSA) is 86.3 Å². The maximum atomic E-state index is 13.2. The molecule has 0 spiro atoms. The second-order valence-electron chi connectivity index (χ2n) is 10.5. The molecule has 36 heavy (non-hydrogen) atoms.